The van der Waals surface area contributed by atoms with Crippen molar-refractivity contribution in [2.24, 2.45) is 0 Å². The van der Waals surface area contributed by atoms with Crippen molar-refractivity contribution in [2.45, 2.75) is 32.6 Å². The molecule has 0 atom stereocenters. The fourth-order valence-electron chi connectivity index (χ4n) is 2.75. The smallest absolute Gasteiger partial charge is 0.0975 e. The second-order valence-electron chi connectivity index (χ2n) is 5.72. The Morgan fingerprint density at radius 1 is 1.14 bits per heavy atom. The molecule has 0 amide bonds. The van der Waals surface area contributed by atoms with Crippen LogP contribution in [0.25, 0.3) is 10.8 Å². The molecular formula is C19H18N2S. The Kier molecular flexibility index (Phi) is 4.22. The number of nitriles is 1. The number of benzene rings is 2. The fraction of sp³-hybridized carbons (Fsp3) is 0.263. The zero-order valence-corrected chi connectivity index (χ0v) is 13.7. The van der Waals surface area contributed by atoms with Gasteiger partial charge in [0.05, 0.1) is 23.2 Å². The van der Waals surface area contributed by atoms with Gasteiger partial charge in [-0.25, -0.2) is 4.98 Å². The lowest BCUT2D eigenvalue weighted by Crippen LogP contribution is -1.94. The fourth-order valence-corrected chi connectivity index (χ4v) is 3.93. The van der Waals surface area contributed by atoms with Crippen LogP contribution in [0.15, 0.2) is 42.5 Å². The maximum absolute atomic E-state index is 9.00. The molecule has 1 aromatic heterocycles. The molecule has 0 bridgehead atoms. The van der Waals surface area contributed by atoms with Gasteiger partial charge < -0.3 is 0 Å². The largest absolute Gasteiger partial charge is 0.245 e. The van der Waals surface area contributed by atoms with Crippen molar-refractivity contribution < 1.29 is 0 Å². The van der Waals surface area contributed by atoms with Crippen LogP contribution >= 0.6 is 11.3 Å². The van der Waals surface area contributed by atoms with Crippen LogP contribution in [-0.4, -0.2) is 4.98 Å². The highest BCUT2D eigenvalue weighted by atomic mass is 32.1. The van der Waals surface area contributed by atoms with Gasteiger partial charge in [-0.1, -0.05) is 56.3 Å². The number of hydrogen-bond donors (Lipinski definition) is 0. The molecular weight excluding hydrogens is 288 g/mol. The average molecular weight is 306 g/mol. The summed E-state index contributed by atoms with van der Waals surface area (Å²) in [5, 5.41) is 12.6. The normalized spacial score (nSPS) is 11.0. The van der Waals surface area contributed by atoms with Gasteiger partial charge in [-0.2, -0.15) is 5.26 Å². The molecule has 3 rings (SSSR count). The standard InChI is InChI=1S/C19H18N2S/c1-13(2)19-17(10-11-20)22-18(21-19)12-15-8-5-7-14-6-3-4-9-16(14)15/h3-9,13H,10,12H2,1-2H3. The summed E-state index contributed by atoms with van der Waals surface area (Å²) in [6.45, 7) is 4.27. The number of fused-ring (bicyclic) bond motifs is 1. The third-order valence-corrected chi connectivity index (χ3v) is 4.85. The number of hydrogen-bond acceptors (Lipinski definition) is 3. The van der Waals surface area contributed by atoms with E-state index in [1.165, 1.54) is 16.3 Å². The number of rotatable bonds is 4. The number of aromatic nitrogens is 1. The van der Waals surface area contributed by atoms with Crippen LogP contribution in [0.2, 0.25) is 0 Å². The van der Waals surface area contributed by atoms with Crippen molar-refractivity contribution in [1.82, 2.24) is 4.98 Å². The average Bonchev–Trinajstić information content (AvgIpc) is 2.91. The van der Waals surface area contributed by atoms with E-state index in [0.717, 1.165) is 22.0 Å². The lowest BCUT2D eigenvalue weighted by Gasteiger charge is -2.04. The van der Waals surface area contributed by atoms with Crippen molar-refractivity contribution in [2.75, 3.05) is 0 Å². The van der Waals surface area contributed by atoms with Crippen molar-refractivity contribution >= 4 is 22.1 Å². The molecule has 0 fully saturated rings. The highest BCUT2D eigenvalue weighted by molar-refractivity contribution is 7.11. The third-order valence-electron chi connectivity index (χ3n) is 3.78. The summed E-state index contributed by atoms with van der Waals surface area (Å²) in [5.74, 6) is 0.362. The second-order valence-corrected chi connectivity index (χ2v) is 6.89. The summed E-state index contributed by atoms with van der Waals surface area (Å²) in [7, 11) is 0. The van der Waals surface area contributed by atoms with Crippen LogP contribution in [0.1, 0.15) is 40.9 Å². The van der Waals surface area contributed by atoms with E-state index in [-0.39, 0.29) is 0 Å². The Labute approximate surface area is 135 Å². The minimum absolute atomic E-state index is 0.362. The summed E-state index contributed by atoms with van der Waals surface area (Å²) < 4.78 is 0. The molecule has 0 radical (unpaired) electrons. The molecule has 2 aromatic carbocycles. The predicted octanol–water partition coefficient (Wildman–Crippen LogP) is 5.08. The molecule has 0 spiro atoms. The van der Waals surface area contributed by atoms with Crippen LogP contribution < -0.4 is 0 Å². The van der Waals surface area contributed by atoms with E-state index >= 15 is 0 Å². The minimum atomic E-state index is 0.362. The summed E-state index contributed by atoms with van der Waals surface area (Å²) in [4.78, 5) is 5.92. The van der Waals surface area contributed by atoms with Gasteiger partial charge in [0.15, 0.2) is 0 Å². The first-order chi connectivity index (χ1) is 10.7. The van der Waals surface area contributed by atoms with Gasteiger partial charge >= 0.3 is 0 Å². The minimum Gasteiger partial charge on any atom is -0.245 e. The van der Waals surface area contributed by atoms with Crippen LogP contribution in [0.4, 0.5) is 0 Å². The summed E-state index contributed by atoms with van der Waals surface area (Å²) >= 11 is 1.68. The SMILES string of the molecule is CC(C)c1nc(Cc2cccc3ccccc23)sc1CC#N. The first-order valence-corrected chi connectivity index (χ1v) is 8.32. The first kappa shape index (κ1) is 14.7. The molecule has 2 nitrogen and oxygen atoms in total. The van der Waals surface area contributed by atoms with Gasteiger partial charge in [0.1, 0.15) is 0 Å². The first-order valence-electron chi connectivity index (χ1n) is 7.51. The lowest BCUT2D eigenvalue weighted by molar-refractivity contribution is 0.814. The molecule has 1 heterocycles. The highest BCUT2D eigenvalue weighted by Crippen LogP contribution is 2.28. The van der Waals surface area contributed by atoms with E-state index in [4.69, 9.17) is 10.2 Å². The zero-order chi connectivity index (χ0) is 15.5. The second kappa shape index (κ2) is 6.29. The Bertz CT molecular complexity index is 835. The molecule has 0 aliphatic rings. The molecule has 22 heavy (non-hydrogen) atoms. The van der Waals surface area contributed by atoms with Gasteiger partial charge in [0, 0.05) is 11.3 Å². The molecule has 0 N–H and O–H groups in total. The highest BCUT2D eigenvalue weighted by Gasteiger charge is 2.14. The third kappa shape index (κ3) is 2.88. The van der Waals surface area contributed by atoms with Crippen molar-refractivity contribution in [3.8, 4) is 6.07 Å². The van der Waals surface area contributed by atoms with E-state index in [1.54, 1.807) is 11.3 Å². The van der Waals surface area contributed by atoms with Crippen LogP contribution in [0.3, 0.4) is 0 Å². The molecule has 110 valence electrons. The van der Waals surface area contributed by atoms with E-state index < -0.39 is 0 Å². The lowest BCUT2D eigenvalue weighted by atomic mass is 10.0. The zero-order valence-electron chi connectivity index (χ0n) is 12.8. The Balaban J connectivity index is 1.99. The molecule has 0 saturated heterocycles. The Hall–Kier alpha value is -2.18. The van der Waals surface area contributed by atoms with Gasteiger partial charge in [0.2, 0.25) is 0 Å². The Morgan fingerprint density at radius 2 is 1.91 bits per heavy atom. The molecule has 3 aromatic rings. The van der Waals surface area contributed by atoms with E-state index in [0.29, 0.717) is 12.3 Å². The van der Waals surface area contributed by atoms with Crippen LogP contribution in [0.5, 0.6) is 0 Å². The summed E-state index contributed by atoms with van der Waals surface area (Å²) in [6, 6.07) is 17.1. The maximum Gasteiger partial charge on any atom is 0.0975 e. The molecule has 0 aliphatic carbocycles. The van der Waals surface area contributed by atoms with Crippen molar-refractivity contribution in [1.29, 1.82) is 5.26 Å². The van der Waals surface area contributed by atoms with E-state index in [1.807, 2.05) is 0 Å². The van der Waals surface area contributed by atoms with Gasteiger partial charge in [-0.3, -0.25) is 0 Å². The molecule has 0 unspecified atom stereocenters. The van der Waals surface area contributed by atoms with Crippen LogP contribution in [0, 0.1) is 11.3 Å². The summed E-state index contributed by atoms with van der Waals surface area (Å²) in [5.41, 5.74) is 2.38. The quantitative estimate of drug-likeness (QED) is 0.674. The molecule has 3 heteroatoms. The van der Waals surface area contributed by atoms with Gasteiger partial charge in [-0.15, -0.1) is 11.3 Å². The molecule has 0 aliphatic heterocycles. The van der Waals surface area contributed by atoms with Gasteiger partial charge in [0.25, 0.3) is 0 Å². The van der Waals surface area contributed by atoms with E-state index in [2.05, 4.69) is 62.4 Å². The predicted molar refractivity (Wildman–Crippen MR) is 92.3 cm³/mol. The topological polar surface area (TPSA) is 36.7 Å². The maximum atomic E-state index is 9.00. The monoisotopic (exact) mass is 306 g/mol. The van der Waals surface area contributed by atoms with E-state index in [9.17, 15) is 0 Å². The van der Waals surface area contributed by atoms with Crippen molar-refractivity contribution in [3.63, 3.8) is 0 Å². The number of nitrogens with zero attached hydrogens (tertiary/aromatic N) is 2. The number of thiazole rings is 1. The van der Waals surface area contributed by atoms with Crippen molar-refractivity contribution in [3.05, 3.63) is 63.6 Å². The summed E-state index contributed by atoms with van der Waals surface area (Å²) in [6.07, 6.45) is 1.29. The van der Waals surface area contributed by atoms with Crippen LogP contribution in [-0.2, 0) is 12.8 Å². The Morgan fingerprint density at radius 3 is 2.68 bits per heavy atom. The molecule has 0 saturated carbocycles. The van der Waals surface area contributed by atoms with Gasteiger partial charge in [-0.05, 0) is 22.3 Å².